The van der Waals surface area contributed by atoms with Gasteiger partial charge in [0.15, 0.2) is 0 Å². The zero-order chi connectivity index (χ0) is 35.6. The fourth-order valence-corrected chi connectivity index (χ4v) is 6.15. The molecule has 2 atom stereocenters. The third-order valence-electron chi connectivity index (χ3n) is 8.72. The molecule has 1 aliphatic heterocycles. The molecule has 2 unspecified atom stereocenters. The molecule has 3 rings (SSSR count). The van der Waals surface area contributed by atoms with Crippen molar-refractivity contribution < 1.29 is 38.1 Å². The van der Waals surface area contributed by atoms with Crippen molar-refractivity contribution in [1.82, 2.24) is 9.80 Å². The Balaban J connectivity index is 1.68. The number of hydrogen-bond acceptors (Lipinski definition) is 10. The number of nitrogens with zero attached hydrogens (tertiary/aromatic N) is 2. The molecule has 10 heteroatoms. The van der Waals surface area contributed by atoms with Crippen LogP contribution in [0, 0.1) is 0 Å². The maximum Gasteiger partial charge on any atom is 0.338 e. The molecule has 2 aromatic rings. The van der Waals surface area contributed by atoms with Crippen LogP contribution in [-0.2, 0) is 35.1 Å². The highest BCUT2D eigenvalue weighted by Gasteiger charge is 2.25. The number of rotatable bonds is 20. The number of likely N-dealkylation sites (tertiary alicyclic amines) is 1. The van der Waals surface area contributed by atoms with Crippen molar-refractivity contribution in [2.45, 2.75) is 104 Å². The summed E-state index contributed by atoms with van der Waals surface area (Å²) < 4.78 is 22.7. The summed E-state index contributed by atoms with van der Waals surface area (Å²) in [5, 5.41) is 0. The summed E-state index contributed by atoms with van der Waals surface area (Å²) >= 11 is 0. The normalized spacial score (nSPS) is 14.6. The molecule has 0 bridgehead atoms. The number of carbonyl (C=O) groups is 4. The predicted octanol–water partition coefficient (Wildman–Crippen LogP) is 7.21. The predicted molar refractivity (Wildman–Crippen MR) is 188 cm³/mol. The van der Waals surface area contributed by atoms with Crippen molar-refractivity contribution in [3.05, 3.63) is 70.3 Å². The van der Waals surface area contributed by atoms with E-state index >= 15 is 0 Å². The van der Waals surface area contributed by atoms with Gasteiger partial charge in [-0.2, -0.15) is 0 Å². The highest BCUT2D eigenvalue weighted by Crippen LogP contribution is 2.30. The van der Waals surface area contributed by atoms with Crippen LogP contribution in [0.4, 0.5) is 0 Å². The Kier molecular flexibility index (Phi) is 17.3. The van der Waals surface area contributed by atoms with Crippen LogP contribution in [0.2, 0.25) is 0 Å². The molecule has 0 aromatic heterocycles. The highest BCUT2D eigenvalue weighted by atomic mass is 16.6. The fourth-order valence-electron chi connectivity index (χ4n) is 6.15. The first-order valence-electron chi connectivity index (χ1n) is 17.9. The summed E-state index contributed by atoms with van der Waals surface area (Å²) in [4.78, 5) is 54.8. The van der Waals surface area contributed by atoms with Crippen LogP contribution >= 0.6 is 0 Å². The third-order valence-corrected chi connectivity index (χ3v) is 8.72. The lowest BCUT2D eigenvalue weighted by Gasteiger charge is -2.26. The Bertz CT molecular complexity index is 1360. The molecule has 10 nitrogen and oxygen atoms in total. The zero-order valence-electron chi connectivity index (χ0n) is 30.2. The Labute approximate surface area is 292 Å². The zero-order valence-corrected chi connectivity index (χ0v) is 30.2. The van der Waals surface area contributed by atoms with E-state index in [2.05, 4.69) is 18.7 Å². The molecule has 1 aliphatic rings. The maximum absolute atomic E-state index is 13.5. The molecule has 0 amide bonds. The molecule has 49 heavy (non-hydrogen) atoms. The fraction of sp³-hybridized carbons (Fsp3) is 0.590. The van der Waals surface area contributed by atoms with Gasteiger partial charge in [-0.3, -0.25) is 19.4 Å². The molecule has 1 fully saturated rings. The summed E-state index contributed by atoms with van der Waals surface area (Å²) in [5.41, 5.74) is 2.96. The van der Waals surface area contributed by atoms with Crippen LogP contribution in [0.3, 0.4) is 0 Å². The topological polar surface area (TPSA) is 112 Å². The molecule has 2 aromatic carbocycles. The lowest BCUT2D eigenvalue weighted by Crippen LogP contribution is -2.33. The molecule has 0 saturated carbocycles. The summed E-state index contributed by atoms with van der Waals surface area (Å²) in [7, 11) is 1.91. The van der Waals surface area contributed by atoms with E-state index in [9.17, 15) is 19.2 Å². The first-order chi connectivity index (χ1) is 23.6. The van der Waals surface area contributed by atoms with Crippen molar-refractivity contribution >= 4 is 23.9 Å². The van der Waals surface area contributed by atoms with Crippen LogP contribution in [-0.4, -0.2) is 80.1 Å². The van der Waals surface area contributed by atoms with Crippen molar-refractivity contribution in [3.8, 4) is 0 Å². The average molecular weight is 681 g/mol. The van der Waals surface area contributed by atoms with E-state index in [1.807, 2.05) is 36.2 Å². The van der Waals surface area contributed by atoms with Gasteiger partial charge in [-0.15, -0.1) is 0 Å². The third kappa shape index (κ3) is 13.6. The van der Waals surface area contributed by atoms with E-state index in [4.69, 9.17) is 18.9 Å². The molecule has 1 saturated heterocycles. The number of carbonyl (C=O) groups excluding carboxylic acids is 4. The smallest absolute Gasteiger partial charge is 0.338 e. The highest BCUT2D eigenvalue weighted by molar-refractivity contribution is 5.92. The molecule has 1 heterocycles. The van der Waals surface area contributed by atoms with Crippen molar-refractivity contribution in [2.75, 3.05) is 46.4 Å². The van der Waals surface area contributed by atoms with Crippen LogP contribution in [0.15, 0.2) is 42.5 Å². The SMILES string of the molecule is CCCCC(OC(C)=O)c1ccccc1C(=O)OCCN(C)Cc1ccc(C(CCCC)OC(C)=O)c(C(=O)OCCN2CCCCC2)c1. The van der Waals surface area contributed by atoms with Crippen LogP contribution in [0.25, 0.3) is 0 Å². The first kappa shape index (κ1) is 39.7. The molecular weight excluding hydrogens is 624 g/mol. The van der Waals surface area contributed by atoms with Gasteiger partial charge in [-0.25, -0.2) is 9.59 Å². The number of piperidine rings is 1. The minimum atomic E-state index is -0.543. The summed E-state index contributed by atoms with van der Waals surface area (Å²) in [6.07, 6.45) is 7.31. The Morgan fingerprint density at radius 2 is 1.33 bits per heavy atom. The molecule has 270 valence electrons. The van der Waals surface area contributed by atoms with Crippen molar-refractivity contribution in [2.24, 2.45) is 0 Å². The van der Waals surface area contributed by atoms with E-state index in [1.54, 1.807) is 18.2 Å². The number of hydrogen-bond donors (Lipinski definition) is 0. The second-order valence-corrected chi connectivity index (χ2v) is 12.9. The minimum Gasteiger partial charge on any atom is -0.461 e. The Morgan fingerprint density at radius 1 is 0.755 bits per heavy atom. The second-order valence-electron chi connectivity index (χ2n) is 12.9. The van der Waals surface area contributed by atoms with Gasteiger partial charge < -0.3 is 18.9 Å². The van der Waals surface area contributed by atoms with Gasteiger partial charge in [-0.1, -0.05) is 63.4 Å². The molecule has 0 radical (unpaired) electrons. The molecule has 0 spiro atoms. The summed E-state index contributed by atoms with van der Waals surface area (Å²) in [5.74, 6) is -1.69. The minimum absolute atomic E-state index is 0.145. The van der Waals surface area contributed by atoms with E-state index in [1.165, 1.54) is 20.3 Å². The van der Waals surface area contributed by atoms with Crippen LogP contribution in [0.5, 0.6) is 0 Å². The monoisotopic (exact) mass is 680 g/mol. The van der Waals surface area contributed by atoms with Gasteiger partial charge in [0.25, 0.3) is 0 Å². The first-order valence-corrected chi connectivity index (χ1v) is 17.9. The lowest BCUT2D eigenvalue weighted by molar-refractivity contribution is -0.148. The van der Waals surface area contributed by atoms with Gasteiger partial charge in [0.1, 0.15) is 25.4 Å². The van der Waals surface area contributed by atoms with Gasteiger partial charge in [0.2, 0.25) is 0 Å². The summed E-state index contributed by atoms with van der Waals surface area (Å²) in [6, 6.07) is 12.7. The quantitative estimate of drug-likeness (QED) is 0.105. The van der Waals surface area contributed by atoms with E-state index in [0.717, 1.165) is 57.2 Å². The van der Waals surface area contributed by atoms with Gasteiger partial charge in [-0.05, 0) is 76.4 Å². The van der Waals surface area contributed by atoms with Crippen molar-refractivity contribution in [3.63, 3.8) is 0 Å². The second kappa shape index (κ2) is 21.4. The molecular formula is C39H56N2O8. The van der Waals surface area contributed by atoms with E-state index < -0.39 is 36.1 Å². The Morgan fingerprint density at radius 3 is 1.94 bits per heavy atom. The maximum atomic E-state index is 13.5. The Hall–Kier alpha value is -3.76. The number of ether oxygens (including phenoxy) is 4. The number of unbranched alkanes of at least 4 members (excludes halogenated alkanes) is 2. The van der Waals surface area contributed by atoms with Gasteiger partial charge in [0.05, 0.1) is 11.1 Å². The van der Waals surface area contributed by atoms with E-state index in [0.29, 0.717) is 61.3 Å². The van der Waals surface area contributed by atoms with Gasteiger partial charge >= 0.3 is 23.9 Å². The number of likely N-dealkylation sites (N-methyl/N-ethyl adjacent to an activating group) is 1. The average Bonchev–Trinajstić information content (AvgIpc) is 3.08. The van der Waals surface area contributed by atoms with Crippen molar-refractivity contribution in [1.29, 1.82) is 0 Å². The lowest BCUT2D eigenvalue weighted by atomic mass is 9.96. The number of benzene rings is 2. The van der Waals surface area contributed by atoms with Gasteiger partial charge in [0, 0.05) is 44.6 Å². The largest absolute Gasteiger partial charge is 0.461 e. The summed E-state index contributed by atoms with van der Waals surface area (Å²) in [6.45, 7) is 11.0. The van der Waals surface area contributed by atoms with E-state index in [-0.39, 0.29) is 6.61 Å². The number of esters is 4. The molecule has 0 aliphatic carbocycles. The standard InChI is InChI=1S/C39H56N2O8/c1-6-8-17-36(48-29(3)42)32-15-11-12-16-34(32)38(44)46-25-23-40(5)28-31-19-20-33(37(18-9-7-2)49-30(4)43)35(27-31)39(45)47-26-24-41-21-13-10-14-22-41/h11-12,15-16,19-20,27,36-37H,6-10,13-14,17-18,21-26,28H2,1-5H3. The van der Waals surface area contributed by atoms with Crippen LogP contribution in [0.1, 0.15) is 135 Å². The molecule has 0 N–H and O–H groups in total. The van der Waals surface area contributed by atoms with Crippen LogP contribution < -0.4 is 0 Å².